The Balaban J connectivity index is 2.52. The van der Waals surface area contributed by atoms with Gasteiger partial charge in [0.2, 0.25) is 0 Å². The number of ether oxygens (including phenoxy) is 1. The molecule has 0 aliphatic rings. The van der Waals surface area contributed by atoms with Gasteiger partial charge in [-0.05, 0) is 44.5 Å². The van der Waals surface area contributed by atoms with Gasteiger partial charge in [-0.2, -0.15) is 0 Å². The molecule has 0 saturated heterocycles. The lowest BCUT2D eigenvalue weighted by Crippen LogP contribution is -2.23. The third kappa shape index (κ3) is 3.74. The molecule has 0 spiro atoms. The van der Waals surface area contributed by atoms with Crippen molar-refractivity contribution >= 4 is 11.4 Å². The molecule has 16 heavy (non-hydrogen) atoms. The Morgan fingerprint density at radius 1 is 1.38 bits per heavy atom. The standard InChI is InChI=1S/C13H22N2O/c1-10(2)16-8-7-15(4)12-5-6-13(14)11(3)9-12/h5-6,9-10H,7-8,14H2,1-4H3. The second-order valence-corrected chi connectivity index (χ2v) is 4.38. The quantitative estimate of drug-likeness (QED) is 0.778. The summed E-state index contributed by atoms with van der Waals surface area (Å²) in [4.78, 5) is 2.18. The topological polar surface area (TPSA) is 38.5 Å². The van der Waals surface area contributed by atoms with Crippen molar-refractivity contribution in [2.75, 3.05) is 30.8 Å². The monoisotopic (exact) mass is 222 g/mol. The summed E-state index contributed by atoms with van der Waals surface area (Å²) in [6, 6.07) is 6.09. The summed E-state index contributed by atoms with van der Waals surface area (Å²) >= 11 is 0. The third-order valence-electron chi connectivity index (χ3n) is 2.57. The molecule has 3 nitrogen and oxygen atoms in total. The van der Waals surface area contributed by atoms with Gasteiger partial charge in [0.1, 0.15) is 0 Å². The number of rotatable bonds is 5. The van der Waals surface area contributed by atoms with E-state index in [0.29, 0.717) is 6.10 Å². The van der Waals surface area contributed by atoms with E-state index < -0.39 is 0 Å². The SMILES string of the molecule is Cc1cc(N(C)CCOC(C)C)ccc1N. The number of hydrogen-bond donors (Lipinski definition) is 1. The molecule has 0 aromatic heterocycles. The molecule has 0 fully saturated rings. The van der Waals surface area contributed by atoms with Crippen LogP contribution in [0, 0.1) is 6.92 Å². The number of hydrogen-bond acceptors (Lipinski definition) is 3. The van der Waals surface area contributed by atoms with Crippen molar-refractivity contribution in [3.8, 4) is 0 Å². The van der Waals surface area contributed by atoms with Crippen LogP contribution in [-0.4, -0.2) is 26.3 Å². The lowest BCUT2D eigenvalue weighted by atomic mass is 10.2. The molecule has 3 heteroatoms. The summed E-state index contributed by atoms with van der Waals surface area (Å²) in [5, 5.41) is 0. The molecule has 0 heterocycles. The van der Waals surface area contributed by atoms with Gasteiger partial charge in [0.25, 0.3) is 0 Å². The number of nitrogen functional groups attached to an aromatic ring is 1. The third-order valence-corrected chi connectivity index (χ3v) is 2.57. The van der Waals surface area contributed by atoms with Crippen LogP contribution in [-0.2, 0) is 4.74 Å². The van der Waals surface area contributed by atoms with Crippen molar-refractivity contribution in [3.05, 3.63) is 23.8 Å². The normalized spacial score (nSPS) is 10.8. The molecule has 90 valence electrons. The fourth-order valence-electron chi connectivity index (χ4n) is 1.45. The highest BCUT2D eigenvalue weighted by Gasteiger charge is 2.03. The first-order chi connectivity index (χ1) is 7.50. The highest BCUT2D eigenvalue weighted by atomic mass is 16.5. The van der Waals surface area contributed by atoms with Crippen molar-refractivity contribution in [2.45, 2.75) is 26.9 Å². The highest BCUT2D eigenvalue weighted by Crippen LogP contribution is 2.19. The van der Waals surface area contributed by atoms with Crippen LogP contribution in [0.2, 0.25) is 0 Å². The Morgan fingerprint density at radius 3 is 2.62 bits per heavy atom. The lowest BCUT2D eigenvalue weighted by molar-refractivity contribution is 0.0846. The summed E-state index contributed by atoms with van der Waals surface area (Å²) in [6.45, 7) is 7.76. The van der Waals surface area contributed by atoms with Crippen LogP contribution in [0.25, 0.3) is 0 Å². The molecule has 1 aromatic rings. The van der Waals surface area contributed by atoms with Crippen LogP contribution in [0.5, 0.6) is 0 Å². The van der Waals surface area contributed by atoms with E-state index in [1.165, 1.54) is 5.69 Å². The molecule has 1 aromatic carbocycles. The van der Waals surface area contributed by atoms with Gasteiger partial charge in [0.15, 0.2) is 0 Å². The Kier molecular flexibility index (Phi) is 4.62. The summed E-state index contributed by atoms with van der Waals surface area (Å²) in [6.07, 6.45) is 0.293. The van der Waals surface area contributed by atoms with Gasteiger partial charge in [-0.15, -0.1) is 0 Å². The summed E-state index contributed by atoms with van der Waals surface area (Å²) < 4.78 is 5.52. The van der Waals surface area contributed by atoms with Crippen molar-refractivity contribution < 1.29 is 4.74 Å². The van der Waals surface area contributed by atoms with Crippen LogP contribution < -0.4 is 10.6 Å². The number of nitrogens with two attached hydrogens (primary N) is 1. The van der Waals surface area contributed by atoms with Crippen LogP contribution in [0.15, 0.2) is 18.2 Å². The van der Waals surface area contributed by atoms with Gasteiger partial charge >= 0.3 is 0 Å². The van der Waals surface area contributed by atoms with Gasteiger partial charge < -0.3 is 15.4 Å². The zero-order valence-corrected chi connectivity index (χ0v) is 10.7. The average Bonchev–Trinajstić information content (AvgIpc) is 2.21. The molecule has 1 rings (SSSR count). The zero-order chi connectivity index (χ0) is 12.1. The van der Waals surface area contributed by atoms with Crippen molar-refractivity contribution in [1.29, 1.82) is 0 Å². The molecule has 0 aliphatic heterocycles. The van der Waals surface area contributed by atoms with E-state index in [2.05, 4.69) is 18.0 Å². The van der Waals surface area contributed by atoms with Crippen LogP contribution in [0.1, 0.15) is 19.4 Å². The van der Waals surface area contributed by atoms with Crippen LogP contribution >= 0.6 is 0 Å². The minimum Gasteiger partial charge on any atom is -0.399 e. The molecule has 0 bridgehead atoms. The highest BCUT2D eigenvalue weighted by molar-refractivity contribution is 5.57. The van der Waals surface area contributed by atoms with E-state index in [4.69, 9.17) is 10.5 Å². The van der Waals surface area contributed by atoms with E-state index in [0.717, 1.165) is 24.4 Å². The number of aryl methyl sites for hydroxylation is 1. The molecule has 0 amide bonds. The second-order valence-electron chi connectivity index (χ2n) is 4.38. The molecule has 0 atom stereocenters. The maximum absolute atomic E-state index is 5.79. The summed E-state index contributed by atoms with van der Waals surface area (Å²) in [5.74, 6) is 0. The first-order valence-electron chi connectivity index (χ1n) is 5.69. The largest absolute Gasteiger partial charge is 0.399 e. The lowest BCUT2D eigenvalue weighted by Gasteiger charge is -2.20. The Labute approximate surface area is 98.2 Å². The van der Waals surface area contributed by atoms with Crippen molar-refractivity contribution in [3.63, 3.8) is 0 Å². The number of likely N-dealkylation sites (N-methyl/N-ethyl adjacent to an activating group) is 1. The van der Waals surface area contributed by atoms with Crippen LogP contribution in [0.3, 0.4) is 0 Å². The van der Waals surface area contributed by atoms with E-state index in [1.807, 2.05) is 32.9 Å². The smallest absolute Gasteiger partial charge is 0.0644 e. The second kappa shape index (κ2) is 5.75. The first-order valence-corrected chi connectivity index (χ1v) is 5.69. The molecular formula is C13H22N2O. The summed E-state index contributed by atoms with van der Waals surface area (Å²) in [5.41, 5.74) is 8.93. The average molecular weight is 222 g/mol. The number of benzene rings is 1. The summed E-state index contributed by atoms with van der Waals surface area (Å²) in [7, 11) is 2.06. The van der Waals surface area contributed by atoms with Gasteiger partial charge in [-0.25, -0.2) is 0 Å². The number of nitrogens with zero attached hydrogens (tertiary/aromatic N) is 1. The zero-order valence-electron chi connectivity index (χ0n) is 10.7. The van der Waals surface area contributed by atoms with Gasteiger partial charge in [-0.1, -0.05) is 0 Å². The molecule has 0 radical (unpaired) electrons. The maximum Gasteiger partial charge on any atom is 0.0644 e. The minimum atomic E-state index is 0.293. The van der Waals surface area contributed by atoms with Gasteiger partial charge in [-0.3, -0.25) is 0 Å². The van der Waals surface area contributed by atoms with E-state index in [9.17, 15) is 0 Å². The van der Waals surface area contributed by atoms with Crippen molar-refractivity contribution in [2.24, 2.45) is 0 Å². The molecule has 0 saturated carbocycles. The van der Waals surface area contributed by atoms with E-state index in [-0.39, 0.29) is 0 Å². The molecule has 0 aliphatic carbocycles. The molecule has 2 N–H and O–H groups in total. The minimum absolute atomic E-state index is 0.293. The van der Waals surface area contributed by atoms with E-state index in [1.54, 1.807) is 0 Å². The molecule has 0 unspecified atom stereocenters. The fraction of sp³-hybridized carbons (Fsp3) is 0.538. The Hall–Kier alpha value is -1.22. The van der Waals surface area contributed by atoms with Crippen LogP contribution in [0.4, 0.5) is 11.4 Å². The van der Waals surface area contributed by atoms with Crippen molar-refractivity contribution in [1.82, 2.24) is 0 Å². The first kappa shape index (κ1) is 12.8. The van der Waals surface area contributed by atoms with Gasteiger partial charge in [0.05, 0.1) is 12.7 Å². The Bertz CT molecular complexity index is 337. The maximum atomic E-state index is 5.79. The predicted molar refractivity (Wildman–Crippen MR) is 69.9 cm³/mol. The Morgan fingerprint density at radius 2 is 2.06 bits per heavy atom. The predicted octanol–water partition coefficient (Wildman–Crippen LogP) is 2.44. The fourth-order valence-corrected chi connectivity index (χ4v) is 1.45. The number of anilines is 2. The molecular weight excluding hydrogens is 200 g/mol. The van der Waals surface area contributed by atoms with Gasteiger partial charge in [0, 0.05) is 25.0 Å². The van der Waals surface area contributed by atoms with E-state index >= 15 is 0 Å².